The SMILES string of the molecule is CC(C(=O)NS(=O)(=O)c1ccccc1)S(=O)(=O)c1ccc(F)cc1. The van der Waals surface area contributed by atoms with E-state index >= 15 is 0 Å². The maximum atomic E-state index is 12.9. The molecule has 0 saturated carbocycles. The Balaban J connectivity index is 2.25. The van der Waals surface area contributed by atoms with Crippen molar-refractivity contribution in [1.82, 2.24) is 4.72 Å². The van der Waals surface area contributed by atoms with Crippen LogP contribution < -0.4 is 4.72 Å². The largest absolute Gasteiger partial charge is 0.273 e. The zero-order valence-electron chi connectivity index (χ0n) is 12.5. The van der Waals surface area contributed by atoms with Gasteiger partial charge in [-0.05, 0) is 43.3 Å². The topological polar surface area (TPSA) is 97.4 Å². The molecule has 1 atom stereocenters. The van der Waals surface area contributed by atoms with Crippen LogP contribution in [0.1, 0.15) is 6.92 Å². The standard InChI is InChI=1S/C15H14FNO5S2/c1-11(23(19,20)13-9-7-12(16)8-10-13)15(18)17-24(21,22)14-5-3-2-4-6-14/h2-11H,1H3,(H,17,18). The summed E-state index contributed by atoms with van der Waals surface area (Å²) in [6.07, 6.45) is 0. The average Bonchev–Trinajstić information content (AvgIpc) is 2.55. The van der Waals surface area contributed by atoms with E-state index in [9.17, 15) is 26.0 Å². The molecule has 128 valence electrons. The van der Waals surface area contributed by atoms with Crippen LogP contribution in [0.5, 0.6) is 0 Å². The summed E-state index contributed by atoms with van der Waals surface area (Å²) in [4.78, 5) is 11.6. The molecule has 6 nitrogen and oxygen atoms in total. The molecule has 0 spiro atoms. The van der Waals surface area contributed by atoms with Crippen LogP contribution in [-0.2, 0) is 24.7 Å². The van der Waals surface area contributed by atoms with Gasteiger partial charge in [0.25, 0.3) is 15.9 Å². The molecule has 0 radical (unpaired) electrons. The predicted molar refractivity (Wildman–Crippen MR) is 84.8 cm³/mol. The Kier molecular flexibility index (Phi) is 5.05. The summed E-state index contributed by atoms with van der Waals surface area (Å²) in [6, 6.07) is 11.0. The van der Waals surface area contributed by atoms with Crippen LogP contribution in [0.2, 0.25) is 0 Å². The van der Waals surface area contributed by atoms with Gasteiger partial charge in [-0.25, -0.2) is 25.9 Å². The Bertz CT molecular complexity index is 939. The second kappa shape index (κ2) is 6.70. The minimum atomic E-state index is -4.18. The number of benzene rings is 2. The molecule has 0 aliphatic carbocycles. The third-order valence-corrected chi connectivity index (χ3v) is 6.70. The zero-order chi connectivity index (χ0) is 18.0. The second-order valence-corrected chi connectivity index (χ2v) is 8.87. The first kappa shape index (κ1) is 18.1. The van der Waals surface area contributed by atoms with Gasteiger partial charge in [0.2, 0.25) is 0 Å². The van der Waals surface area contributed by atoms with E-state index in [1.165, 1.54) is 24.3 Å². The number of sulfone groups is 1. The third kappa shape index (κ3) is 3.80. The summed E-state index contributed by atoms with van der Waals surface area (Å²) in [5, 5.41) is -1.67. The van der Waals surface area contributed by atoms with Crippen LogP contribution in [-0.4, -0.2) is 28.0 Å². The Labute approximate surface area is 139 Å². The van der Waals surface area contributed by atoms with Gasteiger partial charge in [-0.1, -0.05) is 18.2 Å². The van der Waals surface area contributed by atoms with Gasteiger partial charge in [0.05, 0.1) is 9.79 Å². The van der Waals surface area contributed by atoms with Gasteiger partial charge in [-0.2, -0.15) is 0 Å². The van der Waals surface area contributed by atoms with Crippen molar-refractivity contribution in [3.05, 3.63) is 60.4 Å². The van der Waals surface area contributed by atoms with Crippen LogP contribution in [0.25, 0.3) is 0 Å². The maximum absolute atomic E-state index is 12.9. The van der Waals surface area contributed by atoms with Crippen molar-refractivity contribution in [3.63, 3.8) is 0 Å². The van der Waals surface area contributed by atoms with E-state index < -0.39 is 36.8 Å². The zero-order valence-corrected chi connectivity index (χ0v) is 14.1. The molecule has 0 saturated heterocycles. The summed E-state index contributed by atoms with van der Waals surface area (Å²) in [7, 11) is -8.33. The molecule has 1 amide bonds. The smallest absolute Gasteiger partial charge is 0.264 e. The number of hydrogen-bond acceptors (Lipinski definition) is 5. The molecular formula is C15H14FNO5S2. The van der Waals surface area contributed by atoms with Crippen LogP contribution in [0.15, 0.2) is 64.4 Å². The Morgan fingerprint density at radius 3 is 2.00 bits per heavy atom. The van der Waals surface area contributed by atoms with Gasteiger partial charge in [0.1, 0.15) is 11.1 Å². The molecule has 0 aliphatic heterocycles. The molecule has 0 fully saturated rings. The first-order chi connectivity index (χ1) is 11.1. The predicted octanol–water partition coefficient (Wildman–Crippen LogP) is 1.49. The molecule has 0 aromatic heterocycles. The minimum absolute atomic E-state index is 0.162. The molecule has 1 unspecified atom stereocenters. The monoisotopic (exact) mass is 371 g/mol. The Hall–Kier alpha value is -2.26. The molecule has 0 heterocycles. The summed E-state index contributed by atoms with van der Waals surface area (Å²) < 4.78 is 63.4. The molecule has 9 heteroatoms. The highest BCUT2D eigenvalue weighted by Gasteiger charge is 2.32. The molecule has 2 rings (SSSR count). The highest BCUT2D eigenvalue weighted by atomic mass is 32.2. The third-order valence-electron chi connectivity index (χ3n) is 3.27. The van der Waals surface area contributed by atoms with E-state index in [0.29, 0.717) is 0 Å². The number of amides is 1. The Morgan fingerprint density at radius 2 is 1.46 bits per heavy atom. The minimum Gasteiger partial charge on any atom is -0.273 e. The lowest BCUT2D eigenvalue weighted by Crippen LogP contribution is -2.41. The van der Waals surface area contributed by atoms with Crippen LogP contribution in [0.4, 0.5) is 4.39 Å². The van der Waals surface area contributed by atoms with Gasteiger partial charge < -0.3 is 0 Å². The fourth-order valence-electron chi connectivity index (χ4n) is 1.84. The number of sulfonamides is 1. The molecular weight excluding hydrogens is 357 g/mol. The molecule has 0 bridgehead atoms. The lowest BCUT2D eigenvalue weighted by Gasteiger charge is -2.13. The van der Waals surface area contributed by atoms with Crippen molar-refractivity contribution in [2.45, 2.75) is 22.0 Å². The Morgan fingerprint density at radius 1 is 0.917 bits per heavy atom. The normalized spacial score (nSPS) is 13.2. The average molecular weight is 371 g/mol. The molecule has 2 aromatic carbocycles. The van der Waals surface area contributed by atoms with Crippen molar-refractivity contribution in [2.75, 3.05) is 0 Å². The van der Waals surface area contributed by atoms with Gasteiger partial charge >= 0.3 is 0 Å². The number of halogens is 1. The number of carbonyl (C=O) groups excluding carboxylic acids is 1. The summed E-state index contributed by atoms with van der Waals surface area (Å²) in [5.74, 6) is -1.82. The lowest BCUT2D eigenvalue weighted by atomic mass is 10.3. The highest BCUT2D eigenvalue weighted by Crippen LogP contribution is 2.17. The number of nitrogens with one attached hydrogen (secondary N) is 1. The van der Waals surface area contributed by atoms with Crippen molar-refractivity contribution < 1.29 is 26.0 Å². The van der Waals surface area contributed by atoms with E-state index in [-0.39, 0.29) is 9.79 Å². The van der Waals surface area contributed by atoms with Crippen molar-refractivity contribution in [2.24, 2.45) is 0 Å². The van der Waals surface area contributed by atoms with E-state index in [0.717, 1.165) is 31.2 Å². The first-order valence-electron chi connectivity index (χ1n) is 6.76. The molecule has 0 aliphatic rings. The lowest BCUT2D eigenvalue weighted by molar-refractivity contribution is -0.118. The van der Waals surface area contributed by atoms with E-state index in [1.807, 2.05) is 0 Å². The fraction of sp³-hybridized carbons (Fsp3) is 0.133. The summed E-state index contributed by atoms with van der Waals surface area (Å²) >= 11 is 0. The number of rotatable bonds is 5. The highest BCUT2D eigenvalue weighted by molar-refractivity contribution is 7.93. The molecule has 2 aromatic rings. The van der Waals surface area contributed by atoms with Crippen LogP contribution in [0, 0.1) is 5.82 Å². The van der Waals surface area contributed by atoms with Gasteiger partial charge in [0, 0.05) is 0 Å². The number of hydrogen-bond donors (Lipinski definition) is 1. The summed E-state index contributed by atoms with van der Waals surface area (Å²) in [6.45, 7) is 1.06. The van der Waals surface area contributed by atoms with Crippen molar-refractivity contribution >= 4 is 25.8 Å². The van der Waals surface area contributed by atoms with E-state index in [2.05, 4.69) is 0 Å². The maximum Gasteiger partial charge on any atom is 0.264 e. The molecule has 1 N–H and O–H groups in total. The van der Waals surface area contributed by atoms with Gasteiger partial charge in [-0.3, -0.25) is 4.79 Å². The van der Waals surface area contributed by atoms with Crippen molar-refractivity contribution in [3.8, 4) is 0 Å². The van der Waals surface area contributed by atoms with Crippen molar-refractivity contribution in [1.29, 1.82) is 0 Å². The second-order valence-electron chi connectivity index (χ2n) is 4.92. The first-order valence-corrected chi connectivity index (χ1v) is 9.79. The fourth-order valence-corrected chi connectivity index (χ4v) is 4.26. The summed E-state index contributed by atoms with van der Waals surface area (Å²) in [5.41, 5.74) is 0. The van der Waals surface area contributed by atoms with Crippen LogP contribution in [0.3, 0.4) is 0 Å². The quantitative estimate of drug-likeness (QED) is 0.803. The molecule has 24 heavy (non-hydrogen) atoms. The van der Waals surface area contributed by atoms with E-state index in [4.69, 9.17) is 0 Å². The van der Waals surface area contributed by atoms with E-state index in [1.54, 1.807) is 10.8 Å². The van der Waals surface area contributed by atoms with Gasteiger partial charge in [-0.15, -0.1) is 0 Å². The number of carbonyl (C=O) groups is 1. The van der Waals surface area contributed by atoms with Gasteiger partial charge in [0.15, 0.2) is 9.84 Å². The van der Waals surface area contributed by atoms with Crippen LogP contribution >= 0.6 is 0 Å².